The number of rotatable bonds is 3. The minimum Gasteiger partial charge on any atom is -0.349 e. The van der Waals surface area contributed by atoms with Gasteiger partial charge in [-0.3, -0.25) is 4.79 Å². The molecule has 1 aromatic carbocycles. The number of benzene rings is 1. The zero-order valence-electron chi connectivity index (χ0n) is 10.2. The van der Waals surface area contributed by atoms with Gasteiger partial charge in [0.25, 0.3) is 5.91 Å². The first-order chi connectivity index (χ1) is 8.72. The Kier molecular flexibility index (Phi) is 5.48. The molecule has 0 aliphatic heterocycles. The summed E-state index contributed by atoms with van der Waals surface area (Å²) in [6, 6.07) is 8.06. The van der Waals surface area contributed by atoms with E-state index >= 15 is 0 Å². The number of carbonyl (C=O) groups is 1. The van der Waals surface area contributed by atoms with Crippen LogP contribution < -0.4 is 5.32 Å². The van der Waals surface area contributed by atoms with Crippen molar-refractivity contribution < 1.29 is 4.79 Å². The SMILES string of the molecule is O=C(NC1CCCCC1CBr)c1ccccc1I. The Hall–Kier alpha value is -0.100. The Bertz CT molecular complexity index is 424. The third-order valence-electron chi connectivity index (χ3n) is 3.54. The average molecular weight is 422 g/mol. The van der Waals surface area contributed by atoms with Gasteiger partial charge in [0.2, 0.25) is 0 Å². The summed E-state index contributed by atoms with van der Waals surface area (Å²) < 4.78 is 1.01. The van der Waals surface area contributed by atoms with Gasteiger partial charge < -0.3 is 5.32 Å². The molecule has 2 unspecified atom stereocenters. The van der Waals surface area contributed by atoms with Gasteiger partial charge in [-0.2, -0.15) is 0 Å². The van der Waals surface area contributed by atoms with E-state index in [1.165, 1.54) is 19.3 Å². The highest BCUT2D eigenvalue weighted by molar-refractivity contribution is 14.1. The van der Waals surface area contributed by atoms with Gasteiger partial charge in [-0.15, -0.1) is 0 Å². The molecule has 0 radical (unpaired) electrons. The summed E-state index contributed by atoms with van der Waals surface area (Å²) in [5, 5.41) is 4.18. The average Bonchev–Trinajstić information content (AvgIpc) is 2.39. The Morgan fingerprint density at radius 2 is 2.06 bits per heavy atom. The summed E-state index contributed by atoms with van der Waals surface area (Å²) >= 11 is 5.77. The molecular weight excluding hydrogens is 405 g/mol. The van der Waals surface area contributed by atoms with Crippen LogP contribution in [0.5, 0.6) is 0 Å². The first-order valence-electron chi connectivity index (χ1n) is 6.33. The highest BCUT2D eigenvalue weighted by atomic mass is 127. The number of hydrogen-bond donors (Lipinski definition) is 1. The quantitative estimate of drug-likeness (QED) is 0.580. The van der Waals surface area contributed by atoms with Crippen LogP contribution in [0.25, 0.3) is 0 Å². The molecule has 1 saturated carbocycles. The van der Waals surface area contributed by atoms with Crippen LogP contribution in [0.3, 0.4) is 0 Å². The highest BCUT2D eigenvalue weighted by Gasteiger charge is 2.26. The van der Waals surface area contributed by atoms with Gasteiger partial charge in [0, 0.05) is 14.9 Å². The molecule has 0 bridgehead atoms. The van der Waals surface area contributed by atoms with Crippen LogP contribution >= 0.6 is 38.5 Å². The Balaban J connectivity index is 2.04. The number of hydrogen-bond acceptors (Lipinski definition) is 1. The van der Waals surface area contributed by atoms with Crippen molar-refractivity contribution in [1.82, 2.24) is 5.32 Å². The fourth-order valence-corrected chi connectivity index (χ4v) is 3.88. The normalized spacial score (nSPS) is 23.7. The van der Waals surface area contributed by atoms with Crippen molar-refractivity contribution in [3.05, 3.63) is 33.4 Å². The van der Waals surface area contributed by atoms with E-state index < -0.39 is 0 Å². The van der Waals surface area contributed by atoms with Gasteiger partial charge >= 0.3 is 0 Å². The first kappa shape index (κ1) is 14.3. The Morgan fingerprint density at radius 3 is 2.78 bits per heavy atom. The van der Waals surface area contributed by atoms with Gasteiger partial charge in [-0.1, -0.05) is 40.9 Å². The van der Waals surface area contributed by atoms with Crippen LogP contribution in [0.1, 0.15) is 36.0 Å². The molecule has 98 valence electrons. The molecule has 0 spiro atoms. The molecule has 0 aromatic heterocycles. The number of carbonyl (C=O) groups excluding carboxylic acids is 1. The second-order valence-electron chi connectivity index (χ2n) is 4.76. The molecule has 2 nitrogen and oxygen atoms in total. The summed E-state index contributed by atoms with van der Waals surface area (Å²) in [6.45, 7) is 0. The minimum absolute atomic E-state index is 0.0675. The lowest BCUT2D eigenvalue weighted by Gasteiger charge is -2.31. The molecule has 1 aliphatic carbocycles. The number of halogens is 2. The number of nitrogens with one attached hydrogen (secondary N) is 1. The maximum atomic E-state index is 12.3. The van der Waals surface area contributed by atoms with Gasteiger partial charge in [0.05, 0.1) is 5.56 Å². The molecule has 0 saturated heterocycles. The van der Waals surface area contributed by atoms with E-state index in [4.69, 9.17) is 0 Å². The van der Waals surface area contributed by atoms with Crippen molar-refractivity contribution in [1.29, 1.82) is 0 Å². The molecule has 4 heteroatoms. The van der Waals surface area contributed by atoms with Crippen molar-refractivity contribution in [3.63, 3.8) is 0 Å². The van der Waals surface area contributed by atoms with Crippen molar-refractivity contribution in [2.24, 2.45) is 5.92 Å². The minimum atomic E-state index is 0.0675. The highest BCUT2D eigenvalue weighted by Crippen LogP contribution is 2.26. The maximum Gasteiger partial charge on any atom is 0.252 e. The van der Waals surface area contributed by atoms with E-state index in [0.717, 1.165) is 20.9 Å². The summed E-state index contributed by atoms with van der Waals surface area (Å²) in [5.41, 5.74) is 0.789. The van der Waals surface area contributed by atoms with Crippen molar-refractivity contribution in [2.45, 2.75) is 31.7 Å². The van der Waals surface area contributed by atoms with E-state index in [1.807, 2.05) is 24.3 Å². The third kappa shape index (κ3) is 3.47. The molecule has 1 aromatic rings. The second-order valence-corrected chi connectivity index (χ2v) is 6.57. The molecular formula is C14H17BrINO. The summed E-state index contributed by atoms with van der Waals surface area (Å²) in [7, 11) is 0. The maximum absolute atomic E-state index is 12.3. The summed E-state index contributed by atoms with van der Waals surface area (Å²) in [5.74, 6) is 0.641. The van der Waals surface area contributed by atoms with Gasteiger partial charge in [-0.25, -0.2) is 0 Å². The standard InChI is InChI=1S/C14H17BrINO/c15-9-10-5-1-4-8-13(10)17-14(18)11-6-2-3-7-12(11)16/h2-3,6-7,10,13H,1,4-5,8-9H2,(H,17,18). The van der Waals surface area contributed by atoms with E-state index in [-0.39, 0.29) is 5.91 Å². The van der Waals surface area contributed by atoms with Gasteiger partial charge in [0.1, 0.15) is 0 Å². The smallest absolute Gasteiger partial charge is 0.252 e. The molecule has 2 rings (SSSR count). The fourth-order valence-electron chi connectivity index (χ4n) is 2.47. The van der Waals surface area contributed by atoms with Crippen LogP contribution in [-0.4, -0.2) is 17.3 Å². The lowest BCUT2D eigenvalue weighted by molar-refractivity contribution is 0.0911. The molecule has 1 aliphatic rings. The fraction of sp³-hybridized carbons (Fsp3) is 0.500. The largest absolute Gasteiger partial charge is 0.349 e. The van der Waals surface area contributed by atoms with E-state index in [1.54, 1.807) is 0 Å². The predicted octanol–water partition coefficient (Wildman–Crippen LogP) is 3.97. The van der Waals surface area contributed by atoms with Crippen LogP contribution in [0.4, 0.5) is 0 Å². The zero-order valence-corrected chi connectivity index (χ0v) is 13.9. The lowest BCUT2D eigenvalue weighted by atomic mass is 9.86. The van der Waals surface area contributed by atoms with Gasteiger partial charge in [-0.05, 0) is 53.5 Å². The topological polar surface area (TPSA) is 29.1 Å². The molecule has 0 heterocycles. The van der Waals surface area contributed by atoms with Crippen LogP contribution in [0.15, 0.2) is 24.3 Å². The van der Waals surface area contributed by atoms with E-state index in [0.29, 0.717) is 12.0 Å². The Labute approximate surface area is 130 Å². The molecule has 1 N–H and O–H groups in total. The van der Waals surface area contributed by atoms with E-state index in [9.17, 15) is 4.79 Å². The zero-order chi connectivity index (χ0) is 13.0. The lowest BCUT2D eigenvalue weighted by Crippen LogP contribution is -2.42. The molecule has 2 atom stereocenters. The first-order valence-corrected chi connectivity index (χ1v) is 8.53. The van der Waals surface area contributed by atoms with Crippen molar-refractivity contribution in [2.75, 3.05) is 5.33 Å². The molecule has 1 amide bonds. The van der Waals surface area contributed by atoms with Crippen molar-refractivity contribution >= 4 is 44.4 Å². The Morgan fingerprint density at radius 1 is 1.33 bits per heavy atom. The van der Waals surface area contributed by atoms with Gasteiger partial charge in [0.15, 0.2) is 0 Å². The summed E-state index contributed by atoms with van der Waals surface area (Å²) in [4.78, 5) is 12.3. The monoisotopic (exact) mass is 421 g/mol. The molecule has 1 fully saturated rings. The number of alkyl halides is 1. The number of amides is 1. The molecule has 18 heavy (non-hydrogen) atoms. The van der Waals surface area contributed by atoms with Crippen LogP contribution in [-0.2, 0) is 0 Å². The summed E-state index contributed by atoms with van der Waals surface area (Å²) in [6.07, 6.45) is 4.82. The second kappa shape index (κ2) is 6.89. The van der Waals surface area contributed by atoms with E-state index in [2.05, 4.69) is 43.8 Å². The van der Waals surface area contributed by atoms with Crippen LogP contribution in [0.2, 0.25) is 0 Å². The van der Waals surface area contributed by atoms with Crippen LogP contribution in [0, 0.1) is 9.49 Å². The third-order valence-corrected chi connectivity index (χ3v) is 5.31. The predicted molar refractivity (Wildman–Crippen MR) is 86.2 cm³/mol. The van der Waals surface area contributed by atoms with Crippen molar-refractivity contribution in [3.8, 4) is 0 Å².